The lowest BCUT2D eigenvalue weighted by molar-refractivity contribution is 0.0594. The Balaban J connectivity index is 1.32. The third-order valence-electron chi connectivity index (χ3n) is 4.87. The number of carbonyl (C=O) groups excluding carboxylic acids is 1. The van der Waals surface area contributed by atoms with Crippen LogP contribution in [0.4, 0.5) is 0 Å². The molecule has 6 heteroatoms. The molecule has 0 radical (unpaired) electrons. The maximum atomic E-state index is 12.9. The predicted molar refractivity (Wildman–Crippen MR) is 105 cm³/mol. The van der Waals surface area contributed by atoms with Crippen LogP contribution in [0.2, 0.25) is 0 Å². The zero-order chi connectivity index (χ0) is 19.2. The van der Waals surface area contributed by atoms with Crippen molar-refractivity contribution in [2.24, 2.45) is 0 Å². The predicted octanol–water partition coefficient (Wildman–Crippen LogP) is 3.21. The molecule has 6 nitrogen and oxygen atoms in total. The van der Waals surface area contributed by atoms with E-state index in [-0.39, 0.29) is 5.91 Å². The van der Waals surface area contributed by atoms with E-state index in [1.54, 1.807) is 18.5 Å². The van der Waals surface area contributed by atoms with Gasteiger partial charge in [-0.1, -0.05) is 24.3 Å². The maximum Gasteiger partial charge on any atom is 0.290 e. The number of aromatic nitrogens is 1. The molecular formula is C22H23N3O3. The summed E-state index contributed by atoms with van der Waals surface area (Å²) in [5.41, 5.74) is 1.96. The van der Waals surface area contributed by atoms with Crippen molar-refractivity contribution in [3.05, 3.63) is 84.1 Å². The highest BCUT2D eigenvalue weighted by molar-refractivity contribution is 5.93. The van der Waals surface area contributed by atoms with Crippen LogP contribution >= 0.6 is 0 Å². The Morgan fingerprint density at radius 3 is 2.61 bits per heavy atom. The van der Waals surface area contributed by atoms with Crippen LogP contribution in [0.5, 0.6) is 5.75 Å². The van der Waals surface area contributed by atoms with E-state index >= 15 is 0 Å². The van der Waals surface area contributed by atoms with Gasteiger partial charge in [0.05, 0.1) is 6.26 Å². The number of amides is 1. The largest absolute Gasteiger partial charge is 0.489 e. The standard InChI is InChI=1S/C22H23N3O3/c26-22(21-19(8-14-27-21)17-28-20-6-2-1-3-7-20)25-12-10-24(11-13-25)16-18-5-4-9-23-15-18/h1-9,14-15H,10-13,16-17H2. The van der Waals surface area contributed by atoms with Crippen molar-refractivity contribution in [2.75, 3.05) is 26.2 Å². The van der Waals surface area contributed by atoms with Crippen LogP contribution in [0.15, 0.2) is 71.6 Å². The highest BCUT2D eigenvalue weighted by Crippen LogP contribution is 2.18. The first-order valence-electron chi connectivity index (χ1n) is 9.44. The minimum absolute atomic E-state index is 0.0716. The summed E-state index contributed by atoms with van der Waals surface area (Å²) in [6, 6.07) is 15.4. The molecule has 1 aliphatic heterocycles. The number of ether oxygens (including phenoxy) is 1. The average molecular weight is 377 g/mol. The van der Waals surface area contributed by atoms with Crippen molar-refractivity contribution >= 4 is 5.91 Å². The van der Waals surface area contributed by atoms with E-state index in [4.69, 9.17) is 9.15 Å². The smallest absolute Gasteiger partial charge is 0.290 e. The first-order chi connectivity index (χ1) is 13.8. The van der Waals surface area contributed by atoms with E-state index in [0.717, 1.165) is 30.9 Å². The molecule has 1 aromatic carbocycles. The molecule has 0 unspecified atom stereocenters. The molecule has 1 amide bonds. The minimum Gasteiger partial charge on any atom is -0.489 e. The van der Waals surface area contributed by atoms with Gasteiger partial charge in [-0.05, 0) is 29.8 Å². The molecule has 0 saturated carbocycles. The van der Waals surface area contributed by atoms with Crippen molar-refractivity contribution < 1.29 is 13.9 Å². The summed E-state index contributed by atoms with van der Waals surface area (Å²) in [6.07, 6.45) is 5.22. The molecule has 0 N–H and O–H groups in total. The van der Waals surface area contributed by atoms with Crippen molar-refractivity contribution in [1.29, 1.82) is 0 Å². The van der Waals surface area contributed by atoms with Gasteiger partial charge in [0.2, 0.25) is 0 Å². The summed E-state index contributed by atoms with van der Waals surface area (Å²) < 4.78 is 11.3. The van der Waals surface area contributed by atoms with Crippen LogP contribution in [0.1, 0.15) is 21.7 Å². The van der Waals surface area contributed by atoms with E-state index in [2.05, 4.69) is 16.0 Å². The average Bonchev–Trinajstić information content (AvgIpc) is 3.22. The Bertz CT molecular complexity index is 888. The van der Waals surface area contributed by atoms with E-state index < -0.39 is 0 Å². The van der Waals surface area contributed by atoms with Gasteiger partial charge in [-0.2, -0.15) is 0 Å². The minimum atomic E-state index is -0.0716. The second kappa shape index (κ2) is 8.71. The van der Waals surface area contributed by atoms with Gasteiger partial charge in [0, 0.05) is 50.7 Å². The Hall–Kier alpha value is -3.12. The Morgan fingerprint density at radius 2 is 1.86 bits per heavy atom. The van der Waals surface area contributed by atoms with Crippen molar-refractivity contribution in [1.82, 2.24) is 14.8 Å². The van der Waals surface area contributed by atoms with Crippen LogP contribution in [0.3, 0.4) is 0 Å². The second-order valence-electron chi connectivity index (χ2n) is 6.81. The number of furan rings is 1. The van der Waals surface area contributed by atoms with Gasteiger partial charge >= 0.3 is 0 Å². The Labute approximate surface area is 164 Å². The summed E-state index contributed by atoms with van der Waals surface area (Å²) in [5.74, 6) is 1.07. The lowest BCUT2D eigenvalue weighted by Crippen LogP contribution is -2.48. The monoisotopic (exact) mass is 377 g/mol. The fraction of sp³-hybridized carbons (Fsp3) is 0.273. The zero-order valence-electron chi connectivity index (χ0n) is 15.7. The molecule has 0 bridgehead atoms. The van der Waals surface area contributed by atoms with E-state index in [1.165, 1.54) is 5.56 Å². The van der Waals surface area contributed by atoms with E-state index in [1.807, 2.05) is 47.5 Å². The molecule has 0 aliphatic carbocycles. The fourth-order valence-electron chi connectivity index (χ4n) is 3.32. The number of carbonyl (C=O) groups is 1. The number of para-hydroxylation sites is 1. The van der Waals surface area contributed by atoms with Gasteiger partial charge in [0.25, 0.3) is 5.91 Å². The number of hydrogen-bond donors (Lipinski definition) is 0. The van der Waals surface area contributed by atoms with E-state index in [9.17, 15) is 4.79 Å². The zero-order valence-corrected chi connectivity index (χ0v) is 15.7. The number of piperazine rings is 1. The molecule has 2 aromatic heterocycles. The van der Waals surface area contributed by atoms with Gasteiger partial charge < -0.3 is 14.1 Å². The topological polar surface area (TPSA) is 58.8 Å². The van der Waals surface area contributed by atoms with Gasteiger partial charge in [-0.3, -0.25) is 14.7 Å². The number of pyridine rings is 1. The molecular weight excluding hydrogens is 354 g/mol. The molecule has 3 aromatic rings. The maximum absolute atomic E-state index is 12.9. The van der Waals surface area contributed by atoms with Gasteiger partial charge in [0.15, 0.2) is 5.76 Å². The molecule has 1 fully saturated rings. The summed E-state index contributed by atoms with van der Waals surface area (Å²) in [6.45, 7) is 4.18. The lowest BCUT2D eigenvalue weighted by atomic mass is 10.2. The molecule has 28 heavy (non-hydrogen) atoms. The molecule has 0 atom stereocenters. The summed E-state index contributed by atoms with van der Waals surface area (Å²) in [4.78, 5) is 21.3. The number of hydrogen-bond acceptors (Lipinski definition) is 5. The highest BCUT2D eigenvalue weighted by atomic mass is 16.5. The molecule has 3 heterocycles. The Morgan fingerprint density at radius 1 is 1.04 bits per heavy atom. The van der Waals surface area contributed by atoms with Crippen LogP contribution in [-0.2, 0) is 13.2 Å². The van der Waals surface area contributed by atoms with Crippen LogP contribution in [-0.4, -0.2) is 46.9 Å². The van der Waals surface area contributed by atoms with Crippen LogP contribution < -0.4 is 4.74 Å². The molecule has 1 saturated heterocycles. The third kappa shape index (κ3) is 4.40. The van der Waals surface area contributed by atoms with Crippen molar-refractivity contribution in [3.63, 3.8) is 0 Å². The van der Waals surface area contributed by atoms with Crippen LogP contribution in [0.25, 0.3) is 0 Å². The number of nitrogens with zero attached hydrogens (tertiary/aromatic N) is 3. The molecule has 144 valence electrons. The third-order valence-corrected chi connectivity index (χ3v) is 4.87. The number of rotatable bonds is 6. The first-order valence-corrected chi connectivity index (χ1v) is 9.44. The van der Waals surface area contributed by atoms with Crippen LogP contribution in [0, 0.1) is 0 Å². The van der Waals surface area contributed by atoms with Gasteiger partial charge in [0.1, 0.15) is 12.4 Å². The molecule has 4 rings (SSSR count). The summed E-state index contributed by atoms with van der Waals surface area (Å²) in [5, 5.41) is 0. The number of benzene rings is 1. The van der Waals surface area contributed by atoms with Crippen molar-refractivity contribution in [2.45, 2.75) is 13.2 Å². The Kier molecular flexibility index (Phi) is 5.68. The SMILES string of the molecule is O=C(c1occc1COc1ccccc1)N1CCN(Cc2cccnc2)CC1. The quantitative estimate of drug-likeness (QED) is 0.660. The summed E-state index contributed by atoms with van der Waals surface area (Å²) >= 11 is 0. The molecule has 0 spiro atoms. The molecule has 1 aliphatic rings. The second-order valence-corrected chi connectivity index (χ2v) is 6.81. The normalized spacial score (nSPS) is 14.8. The van der Waals surface area contributed by atoms with Gasteiger partial charge in [-0.25, -0.2) is 0 Å². The fourth-order valence-corrected chi connectivity index (χ4v) is 3.32. The first kappa shape index (κ1) is 18.3. The van der Waals surface area contributed by atoms with Gasteiger partial charge in [-0.15, -0.1) is 0 Å². The summed E-state index contributed by atoms with van der Waals surface area (Å²) in [7, 11) is 0. The van der Waals surface area contributed by atoms with Crippen molar-refractivity contribution in [3.8, 4) is 5.75 Å². The lowest BCUT2D eigenvalue weighted by Gasteiger charge is -2.34. The highest BCUT2D eigenvalue weighted by Gasteiger charge is 2.26. The van der Waals surface area contributed by atoms with E-state index in [0.29, 0.717) is 25.5 Å².